The van der Waals surface area contributed by atoms with Crippen molar-refractivity contribution in [1.82, 2.24) is 4.90 Å². The lowest BCUT2D eigenvalue weighted by atomic mass is 10.0. The zero-order valence-corrected chi connectivity index (χ0v) is 17.3. The molecule has 0 saturated carbocycles. The van der Waals surface area contributed by atoms with Gasteiger partial charge in [0.2, 0.25) is 0 Å². The molecule has 0 aromatic heterocycles. The molecule has 0 unspecified atom stereocenters. The number of hydrogen-bond acceptors (Lipinski definition) is 5. The van der Waals surface area contributed by atoms with E-state index in [1.165, 1.54) is 4.90 Å². The Labute approximate surface area is 175 Å². The van der Waals surface area contributed by atoms with Gasteiger partial charge in [-0.3, -0.25) is 14.5 Å². The molecule has 29 heavy (non-hydrogen) atoms. The summed E-state index contributed by atoms with van der Waals surface area (Å²) in [6.45, 7) is 6.38. The third kappa shape index (κ3) is 4.71. The zero-order chi connectivity index (χ0) is 20.8. The van der Waals surface area contributed by atoms with Crippen LogP contribution >= 0.6 is 11.8 Å². The number of benzene rings is 2. The largest absolute Gasteiger partial charge is 0.493 e. The lowest BCUT2D eigenvalue weighted by molar-refractivity contribution is -0.122. The molecule has 1 saturated heterocycles. The first kappa shape index (κ1) is 20.7. The smallest absolute Gasteiger partial charge is 0.293 e. The molecule has 150 valence electrons. The van der Waals surface area contributed by atoms with Gasteiger partial charge in [0.25, 0.3) is 11.1 Å². The monoisotopic (exact) mass is 409 g/mol. The van der Waals surface area contributed by atoms with Gasteiger partial charge in [-0.2, -0.15) is 0 Å². The molecule has 2 amide bonds. The number of rotatable bonds is 8. The normalized spacial score (nSPS) is 15.1. The van der Waals surface area contributed by atoms with Crippen molar-refractivity contribution in [3.05, 3.63) is 76.7 Å². The predicted octanol–water partition coefficient (Wildman–Crippen LogP) is 5.06. The number of imide groups is 1. The van der Waals surface area contributed by atoms with E-state index < -0.39 is 0 Å². The highest BCUT2D eigenvalue weighted by molar-refractivity contribution is 8.18. The Morgan fingerprint density at radius 2 is 1.93 bits per heavy atom. The average molecular weight is 410 g/mol. The topological polar surface area (TPSA) is 55.8 Å². The molecule has 1 aliphatic rings. The summed E-state index contributed by atoms with van der Waals surface area (Å²) in [5, 5.41) is -0.246. The number of allylic oxidation sites excluding steroid dienone is 1. The molecule has 5 nitrogen and oxygen atoms in total. The van der Waals surface area contributed by atoms with Crippen LogP contribution in [0.2, 0.25) is 0 Å². The molecule has 1 aliphatic heterocycles. The lowest BCUT2D eigenvalue weighted by Gasteiger charge is -2.16. The highest BCUT2D eigenvalue weighted by Gasteiger charge is 2.33. The number of thioether (sulfide) groups is 1. The van der Waals surface area contributed by atoms with E-state index in [-0.39, 0.29) is 11.1 Å². The SMILES string of the molecule is C=CCc1cc(/C=C2/SC(=O)N(CC)C2=O)cc(OC)c1OCc1ccccc1. The summed E-state index contributed by atoms with van der Waals surface area (Å²) in [5.41, 5.74) is 2.72. The zero-order valence-electron chi connectivity index (χ0n) is 16.5. The lowest BCUT2D eigenvalue weighted by Crippen LogP contribution is -2.27. The van der Waals surface area contributed by atoms with Gasteiger partial charge in [-0.1, -0.05) is 36.4 Å². The number of amides is 2. The number of ether oxygens (including phenoxy) is 2. The fraction of sp³-hybridized carbons (Fsp3) is 0.217. The maximum Gasteiger partial charge on any atom is 0.293 e. The second-order valence-electron chi connectivity index (χ2n) is 6.40. The average Bonchev–Trinajstić information content (AvgIpc) is 3.00. The first-order valence-electron chi connectivity index (χ1n) is 9.31. The summed E-state index contributed by atoms with van der Waals surface area (Å²) in [5.74, 6) is 0.951. The van der Waals surface area contributed by atoms with Gasteiger partial charge in [-0.15, -0.1) is 6.58 Å². The Kier molecular flexibility index (Phi) is 6.77. The quantitative estimate of drug-likeness (QED) is 0.451. The number of likely N-dealkylation sites (N-methyl/N-ethyl adjacent to an activating group) is 1. The molecular formula is C23H23NO4S. The van der Waals surface area contributed by atoms with Crippen molar-refractivity contribution in [2.45, 2.75) is 20.0 Å². The van der Waals surface area contributed by atoms with Crippen molar-refractivity contribution in [3.8, 4) is 11.5 Å². The van der Waals surface area contributed by atoms with Crippen LogP contribution in [0.1, 0.15) is 23.6 Å². The van der Waals surface area contributed by atoms with Gasteiger partial charge in [0.15, 0.2) is 11.5 Å². The van der Waals surface area contributed by atoms with E-state index in [0.717, 1.165) is 28.5 Å². The van der Waals surface area contributed by atoms with Gasteiger partial charge in [0, 0.05) is 12.1 Å². The van der Waals surface area contributed by atoms with E-state index >= 15 is 0 Å². The molecule has 2 aromatic rings. The van der Waals surface area contributed by atoms with Gasteiger partial charge in [-0.05, 0) is 54.4 Å². The molecule has 1 fully saturated rings. The summed E-state index contributed by atoms with van der Waals surface area (Å²) in [6.07, 6.45) is 4.09. The van der Waals surface area contributed by atoms with Gasteiger partial charge in [0.1, 0.15) is 6.61 Å². The molecule has 6 heteroatoms. The minimum Gasteiger partial charge on any atom is -0.493 e. The second-order valence-corrected chi connectivity index (χ2v) is 7.40. The molecule has 0 aliphatic carbocycles. The molecule has 0 spiro atoms. The van der Waals surface area contributed by atoms with Gasteiger partial charge < -0.3 is 9.47 Å². The Bertz CT molecular complexity index is 953. The Hall–Kier alpha value is -2.99. The van der Waals surface area contributed by atoms with E-state index in [2.05, 4.69) is 6.58 Å². The van der Waals surface area contributed by atoms with Crippen LogP contribution in [0.5, 0.6) is 11.5 Å². The van der Waals surface area contributed by atoms with Crippen LogP contribution < -0.4 is 9.47 Å². The Morgan fingerprint density at radius 1 is 1.17 bits per heavy atom. The minimum absolute atomic E-state index is 0.246. The van der Waals surface area contributed by atoms with Crippen LogP contribution in [-0.2, 0) is 17.8 Å². The van der Waals surface area contributed by atoms with Gasteiger partial charge in [0.05, 0.1) is 12.0 Å². The maximum atomic E-state index is 12.4. The van der Waals surface area contributed by atoms with Crippen LogP contribution in [-0.4, -0.2) is 29.7 Å². The Morgan fingerprint density at radius 3 is 2.55 bits per heavy atom. The molecule has 0 bridgehead atoms. The van der Waals surface area contributed by atoms with Crippen LogP contribution in [0, 0.1) is 0 Å². The molecular weight excluding hydrogens is 386 g/mol. The minimum atomic E-state index is -0.267. The first-order valence-corrected chi connectivity index (χ1v) is 10.1. The fourth-order valence-electron chi connectivity index (χ4n) is 3.04. The number of methoxy groups -OCH3 is 1. The molecule has 0 N–H and O–H groups in total. The van der Waals surface area contributed by atoms with E-state index in [1.54, 1.807) is 26.2 Å². The predicted molar refractivity (Wildman–Crippen MR) is 116 cm³/mol. The van der Waals surface area contributed by atoms with Crippen molar-refractivity contribution in [3.63, 3.8) is 0 Å². The second kappa shape index (κ2) is 9.47. The van der Waals surface area contributed by atoms with E-state index in [0.29, 0.717) is 36.0 Å². The summed E-state index contributed by atoms with van der Waals surface area (Å²) in [7, 11) is 1.58. The molecule has 0 radical (unpaired) electrons. The highest BCUT2D eigenvalue weighted by Crippen LogP contribution is 2.37. The third-order valence-corrected chi connectivity index (χ3v) is 5.36. The summed E-state index contributed by atoms with van der Waals surface area (Å²) in [6, 6.07) is 13.6. The molecule has 3 rings (SSSR count). The van der Waals surface area contributed by atoms with E-state index in [1.807, 2.05) is 42.5 Å². The number of hydrogen-bond donors (Lipinski definition) is 0. The number of carbonyl (C=O) groups excluding carboxylic acids is 2. The molecule has 1 heterocycles. The number of nitrogens with zero attached hydrogens (tertiary/aromatic N) is 1. The fourth-order valence-corrected chi connectivity index (χ4v) is 3.95. The van der Waals surface area contributed by atoms with Crippen molar-refractivity contribution in [1.29, 1.82) is 0 Å². The van der Waals surface area contributed by atoms with E-state index in [9.17, 15) is 9.59 Å². The van der Waals surface area contributed by atoms with Crippen molar-refractivity contribution in [2.75, 3.05) is 13.7 Å². The third-order valence-electron chi connectivity index (χ3n) is 4.45. The standard InChI is InChI=1S/C23H23NO4S/c1-4-9-18-12-17(14-20-22(25)24(5-2)23(26)29-20)13-19(27-3)21(18)28-15-16-10-7-6-8-11-16/h4,6-8,10-14H,1,5,9,15H2,2-3H3/b20-14+. The summed E-state index contributed by atoms with van der Waals surface area (Å²) >= 11 is 0.952. The Balaban J connectivity index is 1.93. The molecule has 0 atom stereocenters. The first-order chi connectivity index (χ1) is 14.1. The summed E-state index contributed by atoms with van der Waals surface area (Å²) in [4.78, 5) is 26.0. The van der Waals surface area contributed by atoms with Gasteiger partial charge >= 0.3 is 0 Å². The number of carbonyl (C=O) groups is 2. The van der Waals surface area contributed by atoms with Gasteiger partial charge in [-0.25, -0.2) is 0 Å². The highest BCUT2D eigenvalue weighted by atomic mass is 32.2. The molecule has 2 aromatic carbocycles. The van der Waals surface area contributed by atoms with Crippen LogP contribution in [0.3, 0.4) is 0 Å². The van der Waals surface area contributed by atoms with Crippen molar-refractivity contribution < 1.29 is 19.1 Å². The van der Waals surface area contributed by atoms with Crippen LogP contribution in [0.25, 0.3) is 6.08 Å². The van der Waals surface area contributed by atoms with Crippen LogP contribution in [0.15, 0.2) is 60.0 Å². The van der Waals surface area contributed by atoms with E-state index in [4.69, 9.17) is 9.47 Å². The summed E-state index contributed by atoms with van der Waals surface area (Å²) < 4.78 is 11.6. The van der Waals surface area contributed by atoms with Crippen LogP contribution in [0.4, 0.5) is 4.79 Å². The van der Waals surface area contributed by atoms with Crippen molar-refractivity contribution in [2.24, 2.45) is 0 Å². The maximum absolute atomic E-state index is 12.4. The van der Waals surface area contributed by atoms with Crippen molar-refractivity contribution >= 4 is 29.0 Å².